The van der Waals surface area contributed by atoms with Crippen LogP contribution in [0, 0.1) is 19.1 Å². The number of nitrogens with zero attached hydrogens (tertiary/aromatic N) is 3. The molecule has 2 aromatic carbocycles. The maximum Gasteiger partial charge on any atom is 0.381 e. The summed E-state index contributed by atoms with van der Waals surface area (Å²) in [6.07, 6.45) is 0.808. The van der Waals surface area contributed by atoms with Gasteiger partial charge in [0.25, 0.3) is 0 Å². The maximum atomic E-state index is 12.6. The average Bonchev–Trinajstić information content (AvgIpc) is 2.90. The van der Waals surface area contributed by atoms with Gasteiger partial charge in [-0.25, -0.2) is 0 Å². The molecule has 0 unspecified atom stereocenters. The summed E-state index contributed by atoms with van der Waals surface area (Å²) in [5, 5.41) is 0. The van der Waals surface area contributed by atoms with Crippen LogP contribution in [0.15, 0.2) is 104 Å². The van der Waals surface area contributed by atoms with Crippen molar-refractivity contribution in [2.45, 2.75) is 13.1 Å². The Morgan fingerprint density at radius 2 is 1.36 bits per heavy atom. The molecular formula is C29H20F3IrN3-2. The number of pyridine rings is 3. The molecule has 183 valence electrons. The van der Waals surface area contributed by atoms with Gasteiger partial charge in [0.2, 0.25) is 0 Å². The Labute approximate surface area is 221 Å². The summed E-state index contributed by atoms with van der Waals surface area (Å²) in [5.74, 6) is 0. The molecule has 0 N–H and O–H groups in total. The smallest absolute Gasteiger partial charge is 0.305 e. The van der Waals surface area contributed by atoms with E-state index >= 15 is 0 Å². The minimum Gasteiger partial charge on any atom is -0.305 e. The SMILES string of the molecule is Cc1cc(-c2[c-]cc(C(F)(F)F)cc2)ncc1-c1ccccn1.[Ir].[c-]1ccccc1-c1ccccn1. The predicted molar refractivity (Wildman–Crippen MR) is 130 cm³/mol. The number of halogens is 3. The van der Waals surface area contributed by atoms with Gasteiger partial charge in [-0.15, -0.1) is 65.7 Å². The van der Waals surface area contributed by atoms with Crippen LogP contribution in [0.1, 0.15) is 11.1 Å². The first kappa shape index (κ1) is 26.9. The first-order valence-corrected chi connectivity index (χ1v) is 10.8. The minimum absolute atomic E-state index is 0. The second kappa shape index (κ2) is 12.3. The van der Waals surface area contributed by atoms with Crippen LogP contribution in [0.3, 0.4) is 0 Å². The van der Waals surface area contributed by atoms with Gasteiger partial charge in [0.05, 0.1) is 5.69 Å². The fourth-order valence-electron chi connectivity index (χ4n) is 3.33. The van der Waals surface area contributed by atoms with Gasteiger partial charge < -0.3 is 9.97 Å². The van der Waals surface area contributed by atoms with Crippen molar-refractivity contribution in [1.82, 2.24) is 15.0 Å². The van der Waals surface area contributed by atoms with Crippen molar-refractivity contribution < 1.29 is 33.3 Å². The Bertz CT molecular complexity index is 1320. The fourth-order valence-corrected chi connectivity index (χ4v) is 3.33. The van der Waals surface area contributed by atoms with Crippen molar-refractivity contribution >= 4 is 0 Å². The second-order valence-electron chi connectivity index (χ2n) is 7.58. The van der Waals surface area contributed by atoms with Gasteiger partial charge in [-0.2, -0.15) is 13.2 Å². The van der Waals surface area contributed by atoms with E-state index in [2.05, 4.69) is 27.1 Å². The molecule has 36 heavy (non-hydrogen) atoms. The summed E-state index contributed by atoms with van der Waals surface area (Å²) in [7, 11) is 0. The molecule has 3 heterocycles. The summed E-state index contributed by atoms with van der Waals surface area (Å²) in [5.41, 5.74) is 5.03. The first-order chi connectivity index (χ1) is 16.9. The zero-order valence-electron chi connectivity index (χ0n) is 19.1. The van der Waals surface area contributed by atoms with Gasteiger partial charge in [-0.3, -0.25) is 4.98 Å². The zero-order valence-corrected chi connectivity index (χ0v) is 21.5. The van der Waals surface area contributed by atoms with Crippen LogP contribution in [-0.2, 0) is 26.3 Å². The fraction of sp³-hybridized carbons (Fsp3) is 0.0690. The summed E-state index contributed by atoms with van der Waals surface area (Å²) in [6, 6.07) is 30.3. The third kappa shape index (κ3) is 6.94. The average molecular weight is 660 g/mol. The number of aromatic nitrogens is 3. The standard InChI is InChI=1S/C18H12F3N2.C11H8N.Ir/c1-12-10-17(13-5-7-14(8-6-13)18(19,20)21)23-11-15(12)16-4-2-3-9-22-16;1-2-6-10(7-3-1)11-8-4-5-9-12-11;/h2-5,7-11H,1H3;1-6,8-9H;/q2*-1;. The molecule has 0 bridgehead atoms. The molecular weight excluding hydrogens is 640 g/mol. The third-order valence-corrected chi connectivity index (χ3v) is 5.12. The molecule has 3 nitrogen and oxygen atoms in total. The van der Waals surface area contributed by atoms with E-state index in [0.717, 1.165) is 40.2 Å². The number of alkyl halides is 3. The van der Waals surface area contributed by atoms with Gasteiger partial charge in [0.15, 0.2) is 0 Å². The van der Waals surface area contributed by atoms with E-state index in [9.17, 15) is 13.2 Å². The Morgan fingerprint density at radius 3 is 1.89 bits per heavy atom. The van der Waals surface area contributed by atoms with Crippen LogP contribution in [-0.4, -0.2) is 15.0 Å². The molecule has 0 aliphatic carbocycles. The van der Waals surface area contributed by atoms with Gasteiger partial charge in [0.1, 0.15) is 0 Å². The van der Waals surface area contributed by atoms with Crippen LogP contribution in [0.2, 0.25) is 0 Å². The van der Waals surface area contributed by atoms with Crippen LogP contribution in [0.25, 0.3) is 33.8 Å². The van der Waals surface area contributed by atoms with Gasteiger partial charge >= 0.3 is 6.18 Å². The molecule has 0 saturated carbocycles. The van der Waals surface area contributed by atoms with Crippen molar-refractivity contribution in [3.8, 4) is 33.8 Å². The van der Waals surface area contributed by atoms with E-state index in [1.165, 1.54) is 6.07 Å². The molecule has 0 atom stereocenters. The molecule has 1 radical (unpaired) electrons. The summed E-state index contributed by atoms with van der Waals surface area (Å²) >= 11 is 0. The van der Waals surface area contributed by atoms with Crippen molar-refractivity contribution in [1.29, 1.82) is 0 Å². The van der Waals surface area contributed by atoms with Gasteiger partial charge in [-0.05, 0) is 47.6 Å². The molecule has 0 saturated heterocycles. The van der Waals surface area contributed by atoms with E-state index in [1.54, 1.807) is 18.6 Å². The first-order valence-electron chi connectivity index (χ1n) is 10.8. The van der Waals surface area contributed by atoms with E-state index < -0.39 is 11.7 Å². The molecule has 0 aliphatic rings. The van der Waals surface area contributed by atoms with Crippen LogP contribution in [0.4, 0.5) is 13.2 Å². The van der Waals surface area contributed by atoms with Crippen LogP contribution >= 0.6 is 0 Å². The molecule has 7 heteroatoms. The Kier molecular flexibility index (Phi) is 9.23. The van der Waals surface area contributed by atoms with E-state index in [0.29, 0.717) is 11.3 Å². The molecule has 5 aromatic rings. The quantitative estimate of drug-likeness (QED) is 0.189. The monoisotopic (exact) mass is 660 g/mol. The van der Waals surface area contributed by atoms with Crippen molar-refractivity contribution in [2.24, 2.45) is 0 Å². The number of benzene rings is 2. The van der Waals surface area contributed by atoms with Crippen molar-refractivity contribution in [3.05, 3.63) is 127 Å². The molecule has 0 amide bonds. The zero-order chi connectivity index (χ0) is 24.7. The maximum absolute atomic E-state index is 12.6. The van der Waals surface area contributed by atoms with Crippen molar-refractivity contribution in [3.63, 3.8) is 0 Å². The molecule has 0 fully saturated rings. The molecule has 0 spiro atoms. The van der Waals surface area contributed by atoms with E-state index in [1.807, 2.05) is 73.7 Å². The topological polar surface area (TPSA) is 38.7 Å². The minimum atomic E-state index is -4.36. The van der Waals surface area contributed by atoms with E-state index in [4.69, 9.17) is 0 Å². The Morgan fingerprint density at radius 1 is 0.694 bits per heavy atom. The summed E-state index contributed by atoms with van der Waals surface area (Å²) in [6.45, 7) is 1.92. The van der Waals surface area contributed by atoms with Crippen molar-refractivity contribution in [2.75, 3.05) is 0 Å². The second-order valence-corrected chi connectivity index (χ2v) is 7.58. The van der Waals surface area contributed by atoms with Crippen LogP contribution in [0.5, 0.6) is 0 Å². The Hall–Kier alpha value is -3.67. The third-order valence-electron chi connectivity index (χ3n) is 5.12. The number of hydrogen-bond donors (Lipinski definition) is 0. The largest absolute Gasteiger partial charge is 0.381 e. The normalized spacial score (nSPS) is 10.6. The summed E-state index contributed by atoms with van der Waals surface area (Å²) < 4.78 is 37.8. The molecule has 0 aliphatic heterocycles. The van der Waals surface area contributed by atoms with Crippen LogP contribution < -0.4 is 0 Å². The molecule has 5 rings (SSSR count). The molecule has 3 aromatic heterocycles. The number of aryl methyl sites for hydroxylation is 1. The predicted octanol–water partition coefficient (Wildman–Crippen LogP) is 7.48. The summed E-state index contributed by atoms with van der Waals surface area (Å²) in [4.78, 5) is 12.8. The Balaban J connectivity index is 0.000000234. The van der Waals surface area contributed by atoms with Gasteiger partial charge in [0, 0.05) is 44.3 Å². The van der Waals surface area contributed by atoms with E-state index in [-0.39, 0.29) is 20.1 Å². The number of hydrogen-bond acceptors (Lipinski definition) is 3. The van der Waals surface area contributed by atoms with Gasteiger partial charge in [-0.1, -0.05) is 24.3 Å². The number of rotatable bonds is 3.